The summed E-state index contributed by atoms with van der Waals surface area (Å²) in [6, 6.07) is 15.7. The number of rotatable bonds is 1. The molecule has 3 heterocycles. The monoisotopic (exact) mass is 426 g/mol. The number of nitrogens with zero attached hydrogens (tertiary/aromatic N) is 1. The molecule has 0 spiro atoms. The van der Waals surface area contributed by atoms with Crippen LogP contribution >= 0.6 is 15.9 Å². The summed E-state index contributed by atoms with van der Waals surface area (Å²) in [4.78, 5) is 27.9. The van der Waals surface area contributed by atoms with Crippen LogP contribution in [-0.2, 0) is 9.59 Å². The second kappa shape index (κ2) is 5.83. The standard InChI is InChI=1S/C21H19BrN2O3/c1-21-18(12-5-3-2-4-6-12)15-11-27-16-8-7-13(22)9-14(16)19(15)24(21)17(25)10-23-20(21)26/h2-9,15,18-19H,10-11H2,1H3,(H,23,26)/t15?,18?,19?,21-/m1/s1. The molecule has 138 valence electrons. The van der Waals surface area contributed by atoms with Gasteiger partial charge in [-0.05, 0) is 30.7 Å². The molecule has 2 aromatic carbocycles. The van der Waals surface area contributed by atoms with Crippen LogP contribution in [0.4, 0.5) is 0 Å². The Morgan fingerprint density at radius 3 is 2.74 bits per heavy atom. The molecule has 1 N–H and O–H groups in total. The number of carbonyl (C=O) groups excluding carboxylic acids is 2. The van der Waals surface area contributed by atoms with E-state index in [2.05, 4.69) is 21.2 Å². The number of ether oxygens (including phenoxy) is 1. The maximum atomic E-state index is 13.1. The molecule has 0 radical (unpaired) electrons. The summed E-state index contributed by atoms with van der Waals surface area (Å²) in [5, 5.41) is 2.81. The lowest BCUT2D eigenvalue weighted by Gasteiger charge is -2.43. The van der Waals surface area contributed by atoms with E-state index in [-0.39, 0.29) is 36.2 Å². The second-order valence-corrected chi connectivity index (χ2v) is 8.50. The molecule has 4 atom stereocenters. The zero-order valence-corrected chi connectivity index (χ0v) is 16.4. The van der Waals surface area contributed by atoms with Crippen molar-refractivity contribution >= 4 is 27.7 Å². The number of hydrogen-bond donors (Lipinski definition) is 1. The molecule has 2 aromatic rings. The smallest absolute Gasteiger partial charge is 0.246 e. The fourth-order valence-corrected chi connectivity index (χ4v) is 5.55. The largest absolute Gasteiger partial charge is 0.493 e. The maximum absolute atomic E-state index is 13.1. The number of carbonyl (C=O) groups is 2. The second-order valence-electron chi connectivity index (χ2n) is 7.58. The highest BCUT2D eigenvalue weighted by Gasteiger charge is 2.65. The van der Waals surface area contributed by atoms with E-state index in [1.807, 2.05) is 60.4 Å². The molecule has 0 saturated carbocycles. The molecular weight excluding hydrogens is 408 g/mol. The highest BCUT2D eigenvalue weighted by atomic mass is 79.9. The summed E-state index contributed by atoms with van der Waals surface area (Å²) in [6.45, 7) is 2.42. The van der Waals surface area contributed by atoms with Crippen molar-refractivity contribution in [3.05, 3.63) is 64.1 Å². The van der Waals surface area contributed by atoms with Gasteiger partial charge in [0.2, 0.25) is 11.8 Å². The van der Waals surface area contributed by atoms with E-state index in [0.29, 0.717) is 6.61 Å². The molecule has 5 rings (SSSR count). The van der Waals surface area contributed by atoms with Crippen molar-refractivity contribution in [3.63, 3.8) is 0 Å². The van der Waals surface area contributed by atoms with Gasteiger partial charge in [-0.15, -0.1) is 0 Å². The lowest BCUT2D eigenvalue weighted by Crippen LogP contribution is -2.64. The van der Waals surface area contributed by atoms with E-state index < -0.39 is 5.54 Å². The van der Waals surface area contributed by atoms with Crippen LogP contribution in [0.3, 0.4) is 0 Å². The van der Waals surface area contributed by atoms with E-state index in [1.54, 1.807) is 0 Å². The number of fused-ring (bicyclic) bond motifs is 5. The van der Waals surface area contributed by atoms with Gasteiger partial charge in [-0.3, -0.25) is 9.59 Å². The third-order valence-corrected chi connectivity index (χ3v) is 6.72. The predicted molar refractivity (Wildman–Crippen MR) is 103 cm³/mol. The van der Waals surface area contributed by atoms with Gasteiger partial charge in [0, 0.05) is 21.9 Å². The van der Waals surface area contributed by atoms with Gasteiger partial charge >= 0.3 is 0 Å². The van der Waals surface area contributed by atoms with E-state index in [1.165, 1.54) is 0 Å². The number of piperazine rings is 1. The quantitative estimate of drug-likeness (QED) is 0.762. The number of halogens is 1. The molecular formula is C21H19BrN2O3. The van der Waals surface area contributed by atoms with Crippen LogP contribution in [0.25, 0.3) is 0 Å². The number of benzene rings is 2. The number of hydrogen-bond acceptors (Lipinski definition) is 3. The minimum atomic E-state index is -0.945. The Labute approximate surface area is 165 Å². The molecule has 27 heavy (non-hydrogen) atoms. The van der Waals surface area contributed by atoms with Gasteiger partial charge in [-0.2, -0.15) is 0 Å². The molecule has 2 amide bonds. The van der Waals surface area contributed by atoms with Gasteiger partial charge in [0.15, 0.2) is 0 Å². The Balaban J connectivity index is 1.75. The number of nitrogens with one attached hydrogen (secondary N) is 1. The van der Waals surface area contributed by atoms with Crippen LogP contribution in [0, 0.1) is 5.92 Å². The average Bonchev–Trinajstić information content (AvgIpc) is 2.96. The molecule has 6 heteroatoms. The van der Waals surface area contributed by atoms with Crippen LogP contribution in [0.1, 0.15) is 30.0 Å². The molecule has 3 aliphatic rings. The Hall–Kier alpha value is -2.34. The van der Waals surface area contributed by atoms with E-state index in [4.69, 9.17) is 4.74 Å². The first kappa shape index (κ1) is 16.8. The average molecular weight is 427 g/mol. The van der Waals surface area contributed by atoms with Crippen LogP contribution in [0.5, 0.6) is 5.75 Å². The summed E-state index contributed by atoms with van der Waals surface area (Å²) in [5.41, 5.74) is 1.08. The summed E-state index contributed by atoms with van der Waals surface area (Å²) >= 11 is 3.54. The van der Waals surface area contributed by atoms with E-state index in [9.17, 15) is 9.59 Å². The van der Waals surface area contributed by atoms with Gasteiger partial charge in [0.25, 0.3) is 0 Å². The third kappa shape index (κ3) is 2.22. The molecule has 0 bridgehead atoms. The Morgan fingerprint density at radius 1 is 1.19 bits per heavy atom. The van der Waals surface area contributed by atoms with Gasteiger partial charge in [-0.25, -0.2) is 0 Å². The SMILES string of the molecule is C[C@@]12C(=O)NCC(=O)N1C1c3cc(Br)ccc3OCC1C2c1ccccc1. The van der Waals surface area contributed by atoms with Crippen molar-refractivity contribution in [2.24, 2.45) is 5.92 Å². The first-order chi connectivity index (χ1) is 13.0. The summed E-state index contributed by atoms with van der Waals surface area (Å²) in [6.07, 6.45) is 0. The van der Waals surface area contributed by atoms with Crippen molar-refractivity contribution in [1.82, 2.24) is 10.2 Å². The van der Waals surface area contributed by atoms with Crippen LogP contribution in [0.2, 0.25) is 0 Å². The Kier molecular flexibility index (Phi) is 3.63. The van der Waals surface area contributed by atoms with Crippen LogP contribution in [-0.4, -0.2) is 35.4 Å². The Bertz CT molecular complexity index is 948. The molecule has 0 aromatic heterocycles. The minimum Gasteiger partial charge on any atom is -0.493 e. The fourth-order valence-electron chi connectivity index (χ4n) is 5.17. The van der Waals surface area contributed by atoms with E-state index in [0.717, 1.165) is 21.3 Å². The normalized spacial score (nSPS) is 31.5. The fraction of sp³-hybridized carbons (Fsp3) is 0.333. The Morgan fingerprint density at radius 2 is 1.96 bits per heavy atom. The van der Waals surface area contributed by atoms with Gasteiger partial charge in [0.1, 0.15) is 11.3 Å². The first-order valence-corrected chi connectivity index (χ1v) is 9.89. The lowest BCUT2D eigenvalue weighted by atomic mass is 9.73. The topological polar surface area (TPSA) is 58.6 Å². The van der Waals surface area contributed by atoms with Crippen molar-refractivity contribution in [3.8, 4) is 5.75 Å². The third-order valence-electron chi connectivity index (χ3n) is 6.23. The van der Waals surface area contributed by atoms with Crippen molar-refractivity contribution < 1.29 is 14.3 Å². The van der Waals surface area contributed by atoms with Gasteiger partial charge < -0.3 is 15.0 Å². The lowest BCUT2D eigenvalue weighted by molar-refractivity contribution is -0.152. The molecule has 2 fully saturated rings. The maximum Gasteiger partial charge on any atom is 0.246 e. The van der Waals surface area contributed by atoms with Crippen molar-refractivity contribution in [1.29, 1.82) is 0 Å². The summed E-state index contributed by atoms with van der Waals surface area (Å²) in [5.74, 6) is 0.515. The van der Waals surface area contributed by atoms with Crippen molar-refractivity contribution in [2.75, 3.05) is 13.2 Å². The molecule has 2 saturated heterocycles. The van der Waals surface area contributed by atoms with Gasteiger partial charge in [0.05, 0.1) is 19.2 Å². The molecule has 5 nitrogen and oxygen atoms in total. The molecule has 0 aliphatic carbocycles. The summed E-state index contributed by atoms with van der Waals surface area (Å²) in [7, 11) is 0. The van der Waals surface area contributed by atoms with Crippen LogP contribution in [0.15, 0.2) is 53.0 Å². The zero-order chi connectivity index (χ0) is 18.8. The van der Waals surface area contributed by atoms with E-state index >= 15 is 0 Å². The predicted octanol–water partition coefficient (Wildman–Crippen LogP) is 3.01. The highest BCUT2D eigenvalue weighted by molar-refractivity contribution is 9.10. The zero-order valence-electron chi connectivity index (χ0n) is 14.8. The highest BCUT2D eigenvalue weighted by Crippen LogP contribution is 2.59. The van der Waals surface area contributed by atoms with Crippen molar-refractivity contribution in [2.45, 2.75) is 24.4 Å². The minimum absolute atomic E-state index is 0.00648. The molecule has 3 aliphatic heterocycles. The first-order valence-electron chi connectivity index (χ1n) is 9.09. The molecule has 3 unspecified atom stereocenters. The van der Waals surface area contributed by atoms with Crippen LogP contribution < -0.4 is 10.1 Å². The number of amides is 2. The van der Waals surface area contributed by atoms with Gasteiger partial charge in [-0.1, -0.05) is 46.3 Å². The summed E-state index contributed by atoms with van der Waals surface area (Å²) < 4.78 is 7.01.